The van der Waals surface area contributed by atoms with Crippen LogP contribution in [0.15, 0.2) is 42.2 Å². The molecule has 1 heterocycles. The number of aromatic amines is 1. The van der Waals surface area contributed by atoms with Gasteiger partial charge in [0.2, 0.25) is 5.78 Å². The number of fused-ring (bicyclic) bond motifs is 1. The molecule has 20 heavy (non-hydrogen) atoms. The standard InChI is InChI=1S/C16H13NO3/c1-9-16(10-5-3-4-6-12(10)17-9)11-7-14(19)15(20-2)8-13(11)18/h3-8,17H,1-2H3. The number of hydrogen-bond donors (Lipinski definition) is 1. The fourth-order valence-electron chi connectivity index (χ4n) is 2.52. The van der Waals surface area contributed by atoms with Crippen LogP contribution in [0.5, 0.6) is 0 Å². The molecule has 1 N–H and O–H groups in total. The van der Waals surface area contributed by atoms with Gasteiger partial charge in [-0.15, -0.1) is 0 Å². The zero-order valence-electron chi connectivity index (χ0n) is 11.2. The summed E-state index contributed by atoms with van der Waals surface area (Å²) in [4.78, 5) is 27.3. The number of H-pyrrole nitrogens is 1. The summed E-state index contributed by atoms with van der Waals surface area (Å²) in [6, 6.07) is 7.71. The number of methoxy groups -OCH3 is 1. The average Bonchev–Trinajstić information content (AvgIpc) is 2.77. The molecule has 0 amide bonds. The minimum absolute atomic E-state index is 0.0799. The van der Waals surface area contributed by atoms with Crippen molar-refractivity contribution >= 4 is 28.0 Å². The molecule has 4 heteroatoms. The largest absolute Gasteiger partial charge is 0.493 e. The number of carbonyl (C=O) groups is 2. The second kappa shape index (κ2) is 4.49. The maximum Gasteiger partial charge on any atom is 0.221 e. The van der Waals surface area contributed by atoms with E-state index in [-0.39, 0.29) is 17.3 Å². The molecule has 2 aromatic rings. The fourth-order valence-corrected chi connectivity index (χ4v) is 2.52. The van der Waals surface area contributed by atoms with Gasteiger partial charge in [-0.3, -0.25) is 9.59 Å². The van der Waals surface area contributed by atoms with Gasteiger partial charge in [0.15, 0.2) is 11.5 Å². The molecule has 1 aromatic heterocycles. The summed E-state index contributed by atoms with van der Waals surface area (Å²) in [6.45, 7) is 1.89. The molecule has 1 aliphatic carbocycles. The van der Waals surface area contributed by atoms with Crippen LogP contribution in [0.25, 0.3) is 16.5 Å². The Labute approximate surface area is 115 Å². The number of hydrogen-bond acceptors (Lipinski definition) is 3. The predicted octanol–water partition coefficient (Wildman–Crippen LogP) is 2.54. The highest BCUT2D eigenvalue weighted by molar-refractivity contribution is 6.36. The lowest BCUT2D eigenvalue weighted by molar-refractivity contribution is -0.116. The van der Waals surface area contributed by atoms with Crippen LogP contribution < -0.4 is 0 Å². The first kappa shape index (κ1) is 12.4. The number of rotatable bonds is 2. The lowest BCUT2D eigenvalue weighted by Crippen LogP contribution is -2.13. The van der Waals surface area contributed by atoms with Crippen molar-refractivity contribution in [3.63, 3.8) is 0 Å². The van der Waals surface area contributed by atoms with Crippen molar-refractivity contribution in [1.29, 1.82) is 0 Å². The van der Waals surface area contributed by atoms with Gasteiger partial charge in [-0.2, -0.15) is 0 Å². The zero-order valence-corrected chi connectivity index (χ0v) is 11.2. The molecular formula is C16H13NO3. The van der Waals surface area contributed by atoms with Gasteiger partial charge >= 0.3 is 0 Å². The number of ether oxygens (including phenoxy) is 1. The molecule has 0 bridgehead atoms. The van der Waals surface area contributed by atoms with Crippen LogP contribution in [0.4, 0.5) is 0 Å². The summed E-state index contributed by atoms with van der Waals surface area (Å²) in [5, 5.41) is 0.937. The minimum atomic E-state index is -0.285. The van der Waals surface area contributed by atoms with Crippen molar-refractivity contribution in [1.82, 2.24) is 4.98 Å². The molecule has 1 aromatic carbocycles. The lowest BCUT2D eigenvalue weighted by atomic mass is 9.93. The fraction of sp³-hybridized carbons (Fsp3) is 0.125. The van der Waals surface area contributed by atoms with E-state index in [1.165, 1.54) is 19.3 Å². The minimum Gasteiger partial charge on any atom is -0.493 e. The van der Waals surface area contributed by atoms with Crippen molar-refractivity contribution < 1.29 is 14.3 Å². The summed E-state index contributed by atoms with van der Waals surface area (Å²) >= 11 is 0. The zero-order chi connectivity index (χ0) is 14.3. The van der Waals surface area contributed by atoms with Crippen LogP contribution in [-0.2, 0) is 14.3 Å². The molecule has 0 atom stereocenters. The molecule has 0 saturated carbocycles. The van der Waals surface area contributed by atoms with Gasteiger partial charge in [0, 0.05) is 39.9 Å². The number of allylic oxidation sites excluding steroid dienone is 3. The first-order valence-corrected chi connectivity index (χ1v) is 6.25. The van der Waals surface area contributed by atoms with Gasteiger partial charge < -0.3 is 9.72 Å². The van der Waals surface area contributed by atoms with Crippen molar-refractivity contribution in [3.05, 3.63) is 53.4 Å². The molecule has 100 valence electrons. The molecule has 3 rings (SSSR count). The first-order chi connectivity index (χ1) is 9.61. The topological polar surface area (TPSA) is 59.2 Å². The van der Waals surface area contributed by atoms with Crippen molar-refractivity contribution in [2.24, 2.45) is 0 Å². The van der Waals surface area contributed by atoms with Gasteiger partial charge in [-0.1, -0.05) is 18.2 Å². The Morgan fingerprint density at radius 3 is 2.55 bits per heavy atom. The molecular weight excluding hydrogens is 254 g/mol. The Hall–Kier alpha value is -2.62. The van der Waals surface area contributed by atoms with E-state index < -0.39 is 0 Å². The molecule has 0 unspecified atom stereocenters. The average molecular weight is 267 g/mol. The molecule has 0 saturated heterocycles. The summed E-state index contributed by atoms with van der Waals surface area (Å²) in [5.41, 5.74) is 3.01. The Balaban J connectivity index is 2.20. The van der Waals surface area contributed by atoms with E-state index in [2.05, 4.69) is 4.98 Å². The molecule has 1 aliphatic rings. The summed E-state index contributed by atoms with van der Waals surface area (Å²) in [6.07, 6.45) is 2.60. The third-order valence-electron chi connectivity index (χ3n) is 3.43. The number of para-hydroxylation sites is 1. The highest BCUT2D eigenvalue weighted by Gasteiger charge is 2.25. The smallest absolute Gasteiger partial charge is 0.221 e. The van der Waals surface area contributed by atoms with E-state index in [0.29, 0.717) is 5.57 Å². The van der Waals surface area contributed by atoms with E-state index in [9.17, 15) is 9.59 Å². The van der Waals surface area contributed by atoms with Gasteiger partial charge in [-0.05, 0) is 13.0 Å². The second-order valence-electron chi connectivity index (χ2n) is 4.67. The van der Waals surface area contributed by atoms with E-state index in [4.69, 9.17) is 4.74 Å². The number of ketones is 2. The van der Waals surface area contributed by atoms with Gasteiger partial charge in [0.25, 0.3) is 0 Å². The molecule has 0 fully saturated rings. The Kier molecular flexibility index (Phi) is 2.79. The third-order valence-corrected chi connectivity index (χ3v) is 3.43. The summed E-state index contributed by atoms with van der Waals surface area (Å²) in [7, 11) is 1.38. The molecule has 0 radical (unpaired) electrons. The van der Waals surface area contributed by atoms with Crippen LogP contribution >= 0.6 is 0 Å². The first-order valence-electron chi connectivity index (χ1n) is 6.25. The second-order valence-corrected chi connectivity index (χ2v) is 4.67. The van der Waals surface area contributed by atoms with Crippen molar-refractivity contribution in [2.75, 3.05) is 7.11 Å². The van der Waals surface area contributed by atoms with Crippen LogP contribution in [-0.4, -0.2) is 23.7 Å². The Morgan fingerprint density at radius 2 is 1.80 bits per heavy atom. The predicted molar refractivity (Wildman–Crippen MR) is 76.1 cm³/mol. The number of nitrogens with one attached hydrogen (secondary N) is 1. The number of benzene rings is 1. The molecule has 4 nitrogen and oxygen atoms in total. The van der Waals surface area contributed by atoms with Crippen LogP contribution in [0.2, 0.25) is 0 Å². The monoisotopic (exact) mass is 267 g/mol. The number of carbonyl (C=O) groups excluding carboxylic acids is 2. The number of aryl methyl sites for hydroxylation is 1. The van der Waals surface area contributed by atoms with Crippen LogP contribution in [0, 0.1) is 6.92 Å². The lowest BCUT2D eigenvalue weighted by Gasteiger charge is -2.11. The van der Waals surface area contributed by atoms with Gasteiger partial charge in [-0.25, -0.2) is 0 Å². The molecule has 0 spiro atoms. The Bertz CT molecular complexity index is 793. The highest BCUT2D eigenvalue weighted by atomic mass is 16.5. The Morgan fingerprint density at radius 1 is 1.05 bits per heavy atom. The SMILES string of the molecule is COC1=CC(=O)C(c2c(C)[nH]c3ccccc23)=CC1=O. The van der Waals surface area contributed by atoms with E-state index >= 15 is 0 Å². The van der Waals surface area contributed by atoms with E-state index in [1.807, 2.05) is 31.2 Å². The molecule has 0 aliphatic heterocycles. The summed E-state index contributed by atoms with van der Waals surface area (Å²) < 4.78 is 4.90. The van der Waals surface area contributed by atoms with E-state index in [1.54, 1.807) is 0 Å². The highest BCUT2D eigenvalue weighted by Crippen LogP contribution is 2.31. The maximum absolute atomic E-state index is 12.2. The van der Waals surface area contributed by atoms with Crippen LogP contribution in [0.3, 0.4) is 0 Å². The van der Waals surface area contributed by atoms with Gasteiger partial charge in [0.1, 0.15) is 0 Å². The van der Waals surface area contributed by atoms with E-state index in [0.717, 1.165) is 22.2 Å². The normalized spacial score (nSPS) is 15.3. The number of aromatic nitrogens is 1. The quantitative estimate of drug-likeness (QED) is 0.851. The third kappa shape index (κ3) is 1.77. The van der Waals surface area contributed by atoms with Crippen molar-refractivity contribution in [2.45, 2.75) is 6.92 Å². The van der Waals surface area contributed by atoms with Gasteiger partial charge in [0.05, 0.1) is 7.11 Å². The maximum atomic E-state index is 12.2. The van der Waals surface area contributed by atoms with Crippen LogP contribution in [0.1, 0.15) is 11.3 Å². The summed E-state index contributed by atoms with van der Waals surface area (Å²) in [5.74, 6) is -0.419. The van der Waals surface area contributed by atoms with Crippen molar-refractivity contribution in [3.8, 4) is 0 Å².